The van der Waals surface area contributed by atoms with Crippen LogP contribution in [0.2, 0.25) is 0 Å². The third-order valence-corrected chi connectivity index (χ3v) is 4.50. The molecule has 1 aliphatic rings. The Kier molecular flexibility index (Phi) is 4.38. The molecule has 3 atom stereocenters. The zero-order chi connectivity index (χ0) is 12.4. The molecule has 96 valence electrons. The Labute approximate surface area is 99.6 Å². The Bertz CT molecular complexity index is 230. The first-order chi connectivity index (χ1) is 7.37. The van der Waals surface area contributed by atoms with E-state index in [-0.39, 0.29) is 17.1 Å². The standard InChI is InChI=1S/C13H27NO2/c1-6-7-10(15)9-14-11-8-13(4,16-5)12(11,2)3/h10-11,14-15H,6-9H2,1-5H3. The fourth-order valence-electron chi connectivity index (χ4n) is 2.53. The van der Waals surface area contributed by atoms with Crippen molar-refractivity contribution in [3.8, 4) is 0 Å². The van der Waals surface area contributed by atoms with Crippen LogP contribution in [0.3, 0.4) is 0 Å². The van der Waals surface area contributed by atoms with Gasteiger partial charge in [-0.15, -0.1) is 0 Å². The Hall–Kier alpha value is -0.120. The average Bonchev–Trinajstić information content (AvgIpc) is 2.23. The minimum atomic E-state index is -0.213. The number of aliphatic hydroxyl groups excluding tert-OH is 1. The molecule has 2 N–H and O–H groups in total. The number of hydrogen-bond donors (Lipinski definition) is 2. The van der Waals surface area contributed by atoms with Crippen LogP contribution in [0.1, 0.15) is 47.0 Å². The molecule has 0 aromatic carbocycles. The van der Waals surface area contributed by atoms with Gasteiger partial charge in [0, 0.05) is 25.1 Å². The van der Waals surface area contributed by atoms with Gasteiger partial charge in [-0.2, -0.15) is 0 Å². The summed E-state index contributed by atoms with van der Waals surface area (Å²) >= 11 is 0. The second kappa shape index (κ2) is 5.03. The molecule has 3 nitrogen and oxygen atoms in total. The van der Waals surface area contributed by atoms with Crippen molar-refractivity contribution in [1.82, 2.24) is 5.32 Å². The zero-order valence-electron chi connectivity index (χ0n) is 11.3. The first-order valence-electron chi connectivity index (χ1n) is 6.34. The Morgan fingerprint density at radius 3 is 2.50 bits per heavy atom. The van der Waals surface area contributed by atoms with Crippen LogP contribution in [0.4, 0.5) is 0 Å². The highest BCUT2D eigenvalue weighted by molar-refractivity contribution is 5.11. The van der Waals surface area contributed by atoms with Crippen LogP contribution in [0.25, 0.3) is 0 Å². The lowest BCUT2D eigenvalue weighted by molar-refractivity contribution is -0.181. The molecule has 0 aliphatic heterocycles. The van der Waals surface area contributed by atoms with Gasteiger partial charge < -0.3 is 15.2 Å². The third kappa shape index (κ3) is 2.41. The van der Waals surface area contributed by atoms with Gasteiger partial charge in [-0.05, 0) is 19.8 Å². The van der Waals surface area contributed by atoms with Crippen molar-refractivity contribution in [2.24, 2.45) is 5.41 Å². The number of aliphatic hydroxyl groups is 1. The second-order valence-electron chi connectivity index (χ2n) is 5.76. The molecule has 0 amide bonds. The Morgan fingerprint density at radius 1 is 1.44 bits per heavy atom. The van der Waals surface area contributed by atoms with E-state index in [1.165, 1.54) is 0 Å². The van der Waals surface area contributed by atoms with Crippen molar-refractivity contribution in [3.05, 3.63) is 0 Å². The Balaban J connectivity index is 2.37. The van der Waals surface area contributed by atoms with E-state index < -0.39 is 0 Å². The van der Waals surface area contributed by atoms with Gasteiger partial charge in [0.15, 0.2) is 0 Å². The van der Waals surface area contributed by atoms with Gasteiger partial charge >= 0.3 is 0 Å². The van der Waals surface area contributed by atoms with E-state index >= 15 is 0 Å². The van der Waals surface area contributed by atoms with Gasteiger partial charge in [0.05, 0.1) is 11.7 Å². The van der Waals surface area contributed by atoms with E-state index in [9.17, 15) is 5.11 Å². The van der Waals surface area contributed by atoms with Crippen LogP contribution in [0, 0.1) is 5.41 Å². The summed E-state index contributed by atoms with van der Waals surface area (Å²) < 4.78 is 5.57. The summed E-state index contributed by atoms with van der Waals surface area (Å²) in [6.07, 6.45) is 2.72. The van der Waals surface area contributed by atoms with E-state index in [1.807, 2.05) is 0 Å². The smallest absolute Gasteiger partial charge is 0.0731 e. The molecule has 1 rings (SSSR count). The summed E-state index contributed by atoms with van der Waals surface area (Å²) in [5, 5.41) is 13.1. The highest BCUT2D eigenvalue weighted by Gasteiger charge is 2.57. The van der Waals surface area contributed by atoms with Crippen LogP contribution >= 0.6 is 0 Å². The SMILES string of the molecule is CCCC(O)CNC1CC(C)(OC)C1(C)C. The second-order valence-corrected chi connectivity index (χ2v) is 5.76. The number of methoxy groups -OCH3 is 1. The highest BCUT2D eigenvalue weighted by atomic mass is 16.5. The summed E-state index contributed by atoms with van der Waals surface area (Å²) in [7, 11) is 1.78. The first-order valence-corrected chi connectivity index (χ1v) is 6.34. The van der Waals surface area contributed by atoms with Gasteiger partial charge in [-0.1, -0.05) is 27.2 Å². The average molecular weight is 229 g/mol. The Morgan fingerprint density at radius 2 is 2.06 bits per heavy atom. The van der Waals surface area contributed by atoms with Crippen molar-refractivity contribution >= 4 is 0 Å². The molecule has 0 saturated heterocycles. The van der Waals surface area contributed by atoms with E-state index in [1.54, 1.807) is 7.11 Å². The molecule has 3 unspecified atom stereocenters. The maximum Gasteiger partial charge on any atom is 0.0731 e. The van der Waals surface area contributed by atoms with Crippen molar-refractivity contribution < 1.29 is 9.84 Å². The van der Waals surface area contributed by atoms with Gasteiger partial charge in [0.25, 0.3) is 0 Å². The number of nitrogens with one attached hydrogen (secondary N) is 1. The van der Waals surface area contributed by atoms with Crippen LogP contribution in [-0.2, 0) is 4.74 Å². The molecule has 1 aliphatic carbocycles. The third-order valence-electron chi connectivity index (χ3n) is 4.50. The van der Waals surface area contributed by atoms with Crippen LogP contribution in [0.15, 0.2) is 0 Å². The maximum atomic E-state index is 9.68. The molecule has 0 heterocycles. The minimum Gasteiger partial charge on any atom is -0.392 e. The molecular formula is C13H27NO2. The van der Waals surface area contributed by atoms with E-state index in [4.69, 9.17) is 4.74 Å². The van der Waals surface area contributed by atoms with Gasteiger partial charge in [-0.25, -0.2) is 0 Å². The summed E-state index contributed by atoms with van der Waals surface area (Å²) in [6, 6.07) is 0.448. The lowest BCUT2D eigenvalue weighted by Gasteiger charge is -2.59. The quantitative estimate of drug-likeness (QED) is 0.731. The molecule has 16 heavy (non-hydrogen) atoms. The normalized spacial score (nSPS) is 34.5. The molecule has 1 saturated carbocycles. The number of ether oxygens (including phenoxy) is 1. The maximum absolute atomic E-state index is 9.68. The van der Waals surface area contributed by atoms with E-state index in [2.05, 4.69) is 33.0 Å². The van der Waals surface area contributed by atoms with Crippen LogP contribution < -0.4 is 5.32 Å². The summed E-state index contributed by atoms with van der Waals surface area (Å²) in [5.41, 5.74) is 0.105. The number of rotatable bonds is 6. The largest absolute Gasteiger partial charge is 0.392 e. The number of hydrogen-bond acceptors (Lipinski definition) is 3. The van der Waals surface area contributed by atoms with Gasteiger partial charge in [0.2, 0.25) is 0 Å². The molecule has 0 aromatic heterocycles. The van der Waals surface area contributed by atoms with Crippen molar-refractivity contribution in [1.29, 1.82) is 0 Å². The van der Waals surface area contributed by atoms with E-state index in [0.717, 1.165) is 19.3 Å². The fourth-order valence-corrected chi connectivity index (χ4v) is 2.53. The van der Waals surface area contributed by atoms with Crippen molar-refractivity contribution in [2.45, 2.75) is 64.7 Å². The van der Waals surface area contributed by atoms with Gasteiger partial charge in [-0.3, -0.25) is 0 Å². The molecule has 3 heteroatoms. The topological polar surface area (TPSA) is 41.5 Å². The first kappa shape index (κ1) is 13.9. The monoisotopic (exact) mass is 229 g/mol. The van der Waals surface area contributed by atoms with E-state index in [0.29, 0.717) is 12.6 Å². The molecule has 1 fully saturated rings. The summed E-state index contributed by atoms with van der Waals surface area (Å²) in [5.74, 6) is 0. The predicted octanol–water partition coefficient (Wildman–Crippen LogP) is 1.94. The minimum absolute atomic E-state index is 0.0274. The lowest BCUT2D eigenvalue weighted by Crippen LogP contribution is -2.68. The van der Waals surface area contributed by atoms with Gasteiger partial charge in [0.1, 0.15) is 0 Å². The molecule has 0 aromatic rings. The van der Waals surface area contributed by atoms with Crippen LogP contribution in [0.5, 0.6) is 0 Å². The highest BCUT2D eigenvalue weighted by Crippen LogP contribution is 2.51. The lowest BCUT2D eigenvalue weighted by atomic mass is 9.56. The molecule has 0 bridgehead atoms. The molecular weight excluding hydrogens is 202 g/mol. The molecule has 0 radical (unpaired) electrons. The van der Waals surface area contributed by atoms with Crippen molar-refractivity contribution in [3.63, 3.8) is 0 Å². The summed E-state index contributed by atoms with van der Waals surface area (Å²) in [4.78, 5) is 0. The fraction of sp³-hybridized carbons (Fsp3) is 1.00. The van der Waals surface area contributed by atoms with Crippen LogP contribution in [-0.4, -0.2) is 36.5 Å². The molecule has 0 spiro atoms. The summed E-state index contributed by atoms with van der Waals surface area (Å²) in [6.45, 7) is 9.40. The zero-order valence-corrected chi connectivity index (χ0v) is 11.3. The van der Waals surface area contributed by atoms with Crippen molar-refractivity contribution in [2.75, 3.05) is 13.7 Å². The predicted molar refractivity (Wildman–Crippen MR) is 66.5 cm³/mol.